The zero-order valence-electron chi connectivity index (χ0n) is 14.6. The fourth-order valence-corrected chi connectivity index (χ4v) is 2.81. The summed E-state index contributed by atoms with van der Waals surface area (Å²) in [5, 5.41) is 3.05. The van der Waals surface area contributed by atoms with Crippen LogP contribution >= 0.6 is 12.4 Å². The Morgan fingerprint density at radius 1 is 1.12 bits per heavy atom. The van der Waals surface area contributed by atoms with E-state index in [0.717, 1.165) is 12.0 Å². The van der Waals surface area contributed by atoms with Crippen LogP contribution in [-0.4, -0.2) is 11.9 Å². The summed E-state index contributed by atoms with van der Waals surface area (Å²) in [5.74, 6) is -0.00128. The Kier molecular flexibility index (Phi) is 7.96. The Morgan fingerprint density at radius 2 is 1.79 bits per heavy atom. The molecule has 2 unspecified atom stereocenters. The molecule has 0 heterocycles. The van der Waals surface area contributed by atoms with Gasteiger partial charge in [-0.15, -0.1) is 12.4 Å². The lowest BCUT2D eigenvalue weighted by Gasteiger charge is -2.18. The van der Waals surface area contributed by atoms with Crippen LogP contribution in [0.15, 0.2) is 48.5 Å². The van der Waals surface area contributed by atoms with Crippen molar-refractivity contribution in [3.05, 3.63) is 70.8 Å². The van der Waals surface area contributed by atoms with Crippen molar-refractivity contribution in [1.82, 2.24) is 5.32 Å². The molecule has 2 aromatic carbocycles. The van der Waals surface area contributed by atoms with E-state index in [0.29, 0.717) is 6.42 Å². The average Bonchev–Trinajstić information content (AvgIpc) is 2.50. The molecule has 3 nitrogen and oxygen atoms in total. The minimum absolute atomic E-state index is 0. The van der Waals surface area contributed by atoms with Crippen molar-refractivity contribution in [3.63, 3.8) is 0 Å². The van der Waals surface area contributed by atoms with E-state index in [1.807, 2.05) is 37.3 Å². The second-order valence-corrected chi connectivity index (χ2v) is 6.32. The van der Waals surface area contributed by atoms with E-state index in [1.165, 1.54) is 16.7 Å². The maximum atomic E-state index is 12.2. The summed E-state index contributed by atoms with van der Waals surface area (Å²) in [6, 6.07) is 16.0. The van der Waals surface area contributed by atoms with Gasteiger partial charge in [0, 0.05) is 18.5 Å². The van der Waals surface area contributed by atoms with Crippen molar-refractivity contribution in [2.45, 2.75) is 45.7 Å². The van der Waals surface area contributed by atoms with Gasteiger partial charge in [-0.3, -0.25) is 4.79 Å². The van der Waals surface area contributed by atoms with Crippen molar-refractivity contribution in [3.8, 4) is 0 Å². The van der Waals surface area contributed by atoms with Gasteiger partial charge < -0.3 is 11.1 Å². The number of hydrogen-bond donors (Lipinski definition) is 2. The van der Waals surface area contributed by atoms with E-state index in [4.69, 9.17) is 5.73 Å². The number of benzene rings is 2. The normalized spacial score (nSPS) is 12.8. The van der Waals surface area contributed by atoms with E-state index in [9.17, 15) is 4.79 Å². The van der Waals surface area contributed by atoms with Crippen LogP contribution < -0.4 is 11.1 Å². The van der Waals surface area contributed by atoms with Gasteiger partial charge in [-0.25, -0.2) is 0 Å². The van der Waals surface area contributed by atoms with Crippen LogP contribution in [0.2, 0.25) is 0 Å². The van der Waals surface area contributed by atoms with E-state index in [1.54, 1.807) is 0 Å². The molecule has 130 valence electrons. The van der Waals surface area contributed by atoms with Crippen LogP contribution in [0, 0.1) is 13.8 Å². The van der Waals surface area contributed by atoms with Crippen molar-refractivity contribution in [2.24, 2.45) is 5.73 Å². The molecule has 2 rings (SSSR count). The van der Waals surface area contributed by atoms with Crippen molar-refractivity contribution >= 4 is 18.3 Å². The number of nitrogens with two attached hydrogens (primary N) is 1. The SMILES string of the molecule is Cc1ccc(CC(C)NC(=O)CC(N)c2ccccc2)c(C)c1.Cl. The molecule has 0 aliphatic heterocycles. The van der Waals surface area contributed by atoms with Crippen molar-refractivity contribution in [2.75, 3.05) is 0 Å². The minimum atomic E-state index is -0.260. The Hall–Kier alpha value is -1.84. The van der Waals surface area contributed by atoms with E-state index < -0.39 is 0 Å². The molecule has 0 saturated heterocycles. The highest BCUT2D eigenvalue weighted by atomic mass is 35.5. The maximum Gasteiger partial charge on any atom is 0.222 e. The third-order valence-corrected chi connectivity index (χ3v) is 4.06. The zero-order valence-corrected chi connectivity index (χ0v) is 15.4. The molecule has 0 bridgehead atoms. The lowest BCUT2D eigenvalue weighted by molar-refractivity contribution is -0.122. The second-order valence-electron chi connectivity index (χ2n) is 6.32. The molecule has 0 spiro atoms. The highest BCUT2D eigenvalue weighted by molar-refractivity contribution is 5.85. The van der Waals surface area contributed by atoms with Crippen LogP contribution in [0.4, 0.5) is 0 Å². The second kappa shape index (κ2) is 9.45. The number of amides is 1. The van der Waals surface area contributed by atoms with Crippen LogP contribution in [0.1, 0.15) is 41.6 Å². The van der Waals surface area contributed by atoms with Gasteiger partial charge in [-0.2, -0.15) is 0 Å². The van der Waals surface area contributed by atoms with Gasteiger partial charge in [-0.1, -0.05) is 54.1 Å². The molecular formula is C20H27ClN2O. The van der Waals surface area contributed by atoms with Gasteiger partial charge >= 0.3 is 0 Å². The topological polar surface area (TPSA) is 55.1 Å². The average molecular weight is 347 g/mol. The van der Waals surface area contributed by atoms with Crippen LogP contribution in [0.3, 0.4) is 0 Å². The lowest BCUT2D eigenvalue weighted by atomic mass is 9.99. The van der Waals surface area contributed by atoms with Gasteiger partial charge in [0.25, 0.3) is 0 Å². The number of rotatable bonds is 6. The van der Waals surface area contributed by atoms with Gasteiger partial charge in [0.05, 0.1) is 0 Å². The predicted octanol–water partition coefficient (Wildman–Crippen LogP) is 3.86. The third kappa shape index (κ3) is 5.99. The molecule has 4 heteroatoms. The first-order valence-electron chi connectivity index (χ1n) is 8.11. The first-order valence-corrected chi connectivity index (χ1v) is 8.11. The Labute approximate surface area is 151 Å². The molecule has 0 saturated carbocycles. The highest BCUT2D eigenvalue weighted by Gasteiger charge is 2.14. The molecule has 2 atom stereocenters. The Balaban J connectivity index is 0.00000288. The molecule has 2 aromatic rings. The minimum Gasteiger partial charge on any atom is -0.353 e. The number of nitrogens with one attached hydrogen (secondary N) is 1. The fraction of sp³-hybridized carbons (Fsp3) is 0.350. The number of aryl methyl sites for hydroxylation is 2. The summed E-state index contributed by atoms with van der Waals surface area (Å²) in [7, 11) is 0. The third-order valence-electron chi connectivity index (χ3n) is 4.06. The molecule has 0 radical (unpaired) electrons. The molecule has 0 fully saturated rings. The summed E-state index contributed by atoms with van der Waals surface area (Å²) in [6.07, 6.45) is 1.14. The van der Waals surface area contributed by atoms with E-state index in [2.05, 4.69) is 37.4 Å². The summed E-state index contributed by atoms with van der Waals surface area (Å²) < 4.78 is 0. The molecule has 0 aromatic heterocycles. The molecule has 0 aliphatic carbocycles. The largest absolute Gasteiger partial charge is 0.353 e. The Morgan fingerprint density at radius 3 is 2.42 bits per heavy atom. The van der Waals surface area contributed by atoms with E-state index >= 15 is 0 Å². The summed E-state index contributed by atoms with van der Waals surface area (Å²) in [6.45, 7) is 6.24. The first-order chi connectivity index (χ1) is 11.0. The quantitative estimate of drug-likeness (QED) is 0.834. The standard InChI is InChI=1S/C20H26N2O.ClH/c1-14-9-10-18(15(2)11-14)12-16(3)22-20(23)13-19(21)17-7-5-4-6-8-17;/h4-11,16,19H,12-13,21H2,1-3H3,(H,22,23);1H. The predicted molar refractivity (Wildman–Crippen MR) is 102 cm³/mol. The Bertz CT molecular complexity index is 658. The van der Waals surface area contributed by atoms with Crippen molar-refractivity contribution in [1.29, 1.82) is 0 Å². The van der Waals surface area contributed by atoms with Crippen LogP contribution in [0.25, 0.3) is 0 Å². The summed E-state index contributed by atoms with van der Waals surface area (Å²) >= 11 is 0. The molecule has 24 heavy (non-hydrogen) atoms. The molecule has 0 aliphatic rings. The van der Waals surface area contributed by atoms with Crippen LogP contribution in [-0.2, 0) is 11.2 Å². The van der Waals surface area contributed by atoms with E-state index in [-0.39, 0.29) is 30.4 Å². The number of carbonyl (C=O) groups is 1. The molecular weight excluding hydrogens is 320 g/mol. The smallest absolute Gasteiger partial charge is 0.222 e. The maximum absolute atomic E-state index is 12.2. The van der Waals surface area contributed by atoms with Gasteiger partial charge in [-0.05, 0) is 43.9 Å². The molecule has 1 amide bonds. The van der Waals surface area contributed by atoms with Gasteiger partial charge in [0.15, 0.2) is 0 Å². The highest BCUT2D eigenvalue weighted by Crippen LogP contribution is 2.15. The van der Waals surface area contributed by atoms with Crippen molar-refractivity contribution < 1.29 is 4.79 Å². The van der Waals surface area contributed by atoms with Gasteiger partial charge in [0.1, 0.15) is 0 Å². The fourth-order valence-electron chi connectivity index (χ4n) is 2.81. The monoisotopic (exact) mass is 346 g/mol. The summed E-state index contributed by atoms with van der Waals surface area (Å²) in [5.41, 5.74) is 10.9. The summed E-state index contributed by atoms with van der Waals surface area (Å²) in [4.78, 5) is 12.2. The first kappa shape index (κ1) is 20.2. The van der Waals surface area contributed by atoms with Crippen LogP contribution in [0.5, 0.6) is 0 Å². The van der Waals surface area contributed by atoms with Gasteiger partial charge in [0.2, 0.25) is 5.91 Å². The lowest BCUT2D eigenvalue weighted by Crippen LogP contribution is -2.36. The number of halogens is 1. The number of carbonyl (C=O) groups excluding carboxylic acids is 1. The molecule has 3 N–H and O–H groups in total. The zero-order chi connectivity index (χ0) is 16.8. The number of hydrogen-bond acceptors (Lipinski definition) is 2.